The number of hydrogen-bond donors (Lipinski definition) is 3. The Balaban J connectivity index is 1.64. The number of ketones is 1. The van der Waals surface area contributed by atoms with Gasteiger partial charge in [-0.3, -0.25) is 9.59 Å². The van der Waals surface area contributed by atoms with E-state index in [-0.39, 0.29) is 36.1 Å². The number of carbonyl (C=O) groups is 2. The van der Waals surface area contributed by atoms with Gasteiger partial charge in [0.05, 0.1) is 12.2 Å². The minimum absolute atomic E-state index is 0.0339. The molecule has 3 N–H and O–H groups in total. The molecule has 1 aliphatic carbocycles. The quantitative estimate of drug-likeness (QED) is 0.286. The van der Waals surface area contributed by atoms with Gasteiger partial charge >= 0.3 is 0 Å². The summed E-state index contributed by atoms with van der Waals surface area (Å²) in [6.45, 7) is 2.10. The number of hydrogen-bond acceptors (Lipinski definition) is 4. The molecule has 1 aromatic rings. The molecule has 0 bridgehead atoms. The first-order valence-corrected chi connectivity index (χ1v) is 11.9. The number of unbranched alkanes of at least 4 members (excludes halogenated alkanes) is 4. The summed E-state index contributed by atoms with van der Waals surface area (Å²) in [4.78, 5) is 24.3. The fraction of sp³-hybridized carbons (Fsp3) is 0.615. The van der Waals surface area contributed by atoms with Crippen molar-refractivity contribution in [3.63, 3.8) is 0 Å². The number of amides is 1. The summed E-state index contributed by atoms with van der Waals surface area (Å²) in [5.41, 5.74) is 0.822. The highest BCUT2D eigenvalue weighted by molar-refractivity contribution is 5.90. The van der Waals surface area contributed by atoms with Gasteiger partial charge in [0.2, 0.25) is 5.91 Å². The molecule has 1 aliphatic rings. The zero-order chi connectivity index (χ0) is 22.5. The van der Waals surface area contributed by atoms with Crippen molar-refractivity contribution >= 4 is 17.4 Å². The lowest BCUT2D eigenvalue weighted by Gasteiger charge is -2.17. The Kier molecular flexibility index (Phi) is 11.5. The van der Waals surface area contributed by atoms with Crippen molar-refractivity contribution in [3.05, 3.63) is 42.5 Å². The van der Waals surface area contributed by atoms with Gasteiger partial charge in [0, 0.05) is 30.4 Å². The van der Waals surface area contributed by atoms with Gasteiger partial charge in [0.25, 0.3) is 0 Å². The smallest absolute Gasteiger partial charge is 0.224 e. The van der Waals surface area contributed by atoms with Crippen LogP contribution in [0.5, 0.6) is 0 Å². The molecule has 4 atom stereocenters. The van der Waals surface area contributed by atoms with Crippen LogP contribution in [-0.2, 0) is 9.59 Å². The van der Waals surface area contributed by atoms with Crippen LogP contribution in [0.3, 0.4) is 0 Å². The molecule has 2 rings (SSSR count). The van der Waals surface area contributed by atoms with Crippen LogP contribution in [0.2, 0.25) is 0 Å². The number of para-hydroxylation sites is 1. The van der Waals surface area contributed by atoms with Crippen molar-refractivity contribution in [2.24, 2.45) is 11.8 Å². The lowest BCUT2D eigenvalue weighted by atomic mass is 9.88. The molecule has 0 aromatic heterocycles. The van der Waals surface area contributed by atoms with Gasteiger partial charge in [-0.25, -0.2) is 0 Å². The lowest BCUT2D eigenvalue weighted by Crippen LogP contribution is -2.18. The van der Waals surface area contributed by atoms with Crippen molar-refractivity contribution in [2.45, 2.75) is 89.8 Å². The highest BCUT2D eigenvalue weighted by atomic mass is 16.3. The molecule has 1 unspecified atom stereocenters. The third kappa shape index (κ3) is 9.36. The molecule has 1 aromatic carbocycles. The summed E-state index contributed by atoms with van der Waals surface area (Å²) < 4.78 is 0. The van der Waals surface area contributed by atoms with Crippen LogP contribution in [-0.4, -0.2) is 34.1 Å². The summed E-state index contributed by atoms with van der Waals surface area (Å²) in [6, 6.07) is 9.46. The summed E-state index contributed by atoms with van der Waals surface area (Å²) >= 11 is 0. The summed E-state index contributed by atoms with van der Waals surface area (Å²) in [6.07, 6.45) is 11.6. The van der Waals surface area contributed by atoms with E-state index in [4.69, 9.17) is 0 Å². The molecular weight excluding hydrogens is 390 g/mol. The summed E-state index contributed by atoms with van der Waals surface area (Å²) in [5.74, 6) is -0.0783. The van der Waals surface area contributed by atoms with Crippen molar-refractivity contribution in [1.29, 1.82) is 0 Å². The van der Waals surface area contributed by atoms with Crippen LogP contribution >= 0.6 is 0 Å². The Hall–Kier alpha value is -1.98. The van der Waals surface area contributed by atoms with E-state index in [1.165, 1.54) is 0 Å². The Morgan fingerprint density at radius 3 is 2.65 bits per heavy atom. The van der Waals surface area contributed by atoms with E-state index in [2.05, 4.69) is 12.2 Å². The van der Waals surface area contributed by atoms with Crippen molar-refractivity contribution < 1.29 is 19.8 Å². The maximum atomic E-state index is 12.3. The number of rotatable bonds is 14. The van der Waals surface area contributed by atoms with E-state index < -0.39 is 6.10 Å². The second kappa shape index (κ2) is 14.2. The number of carbonyl (C=O) groups excluding carboxylic acids is 2. The molecule has 5 heteroatoms. The lowest BCUT2D eigenvalue weighted by molar-refractivity contribution is -0.121. The largest absolute Gasteiger partial charge is 0.393 e. The van der Waals surface area contributed by atoms with Crippen molar-refractivity contribution in [2.75, 3.05) is 5.32 Å². The van der Waals surface area contributed by atoms with Gasteiger partial charge in [-0.1, -0.05) is 69.4 Å². The first-order chi connectivity index (χ1) is 15.0. The maximum Gasteiger partial charge on any atom is 0.224 e. The van der Waals surface area contributed by atoms with E-state index in [1.807, 2.05) is 42.5 Å². The van der Waals surface area contributed by atoms with Crippen molar-refractivity contribution in [3.8, 4) is 0 Å². The molecule has 1 fully saturated rings. The van der Waals surface area contributed by atoms with Crippen LogP contribution in [0.4, 0.5) is 5.69 Å². The molecule has 1 amide bonds. The molecule has 0 spiro atoms. The number of Topliss-reactive ketones (excluding diaryl/α,β-unsaturated/α-hetero) is 1. The van der Waals surface area contributed by atoms with Gasteiger partial charge in [-0.2, -0.15) is 0 Å². The Labute approximate surface area is 186 Å². The van der Waals surface area contributed by atoms with E-state index in [9.17, 15) is 19.8 Å². The van der Waals surface area contributed by atoms with Gasteiger partial charge in [-0.05, 0) is 37.8 Å². The topological polar surface area (TPSA) is 86.6 Å². The minimum atomic E-state index is -0.608. The number of nitrogens with one attached hydrogen (secondary N) is 1. The minimum Gasteiger partial charge on any atom is -0.393 e. The molecule has 31 heavy (non-hydrogen) atoms. The van der Waals surface area contributed by atoms with E-state index >= 15 is 0 Å². The fourth-order valence-electron chi connectivity index (χ4n) is 4.29. The monoisotopic (exact) mass is 429 g/mol. The average Bonchev–Trinajstić information content (AvgIpc) is 3.02. The second-order valence-corrected chi connectivity index (χ2v) is 8.75. The molecule has 1 saturated carbocycles. The zero-order valence-corrected chi connectivity index (χ0v) is 18.8. The van der Waals surface area contributed by atoms with Crippen molar-refractivity contribution in [1.82, 2.24) is 0 Å². The molecule has 5 nitrogen and oxygen atoms in total. The Morgan fingerprint density at radius 2 is 1.90 bits per heavy atom. The third-order valence-corrected chi connectivity index (χ3v) is 6.12. The molecule has 0 saturated heterocycles. The SMILES string of the molecule is CCCCC(O)C/C=C/[C@H]1[C@H](O)CC(=O)[C@@H]1CCCCCCC(=O)Nc1ccccc1. The molecule has 0 heterocycles. The Bertz CT molecular complexity index is 688. The second-order valence-electron chi connectivity index (χ2n) is 8.75. The van der Waals surface area contributed by atoms with Gasteiger partial charge in [0.15, 0.2) is 0 Å². The molecule has 0 aliphatic heterocycles. The first kappa shape index (κ1) is 25.3. The first-order valence-electron chi connectivity index (χ1n) is 11.9. The van der Waals surface area contributed by atoms with Crippen LogP contribution in [0.1, 0.15) is 77.6 Å². The van der Waals surface area contributed by atoms with Crippen LogP contribution in [0.25, 0.3) is 0 Å². The van der Waals surface area contributed by atoms with E-state index in [0.717, 1.165) is 57.1 Å². The average molecular weight is 430 g/mol. The fourth-order valence-corrected chi connectivity index (χ4v) is 4.29. The van der Waals surface area contributed by atoms with Gasteiger partial charge in [0.1, 0.15) is 5.78 Å². The van der Waals surface area contributed by atoms with Crippen LogP contribution < -0.4 is 5.32 Å². The summed E-state index contributed by atoms with van der Waals surface area (Å²) in [7, 11) is 0. The number of aliphatic hydroxyl groups excluding tert-OH is 2. The zero-order valence-electron chi connectivity index (χ0n) is 18.8. The van der Waals surface area contributed by atoms with Crippen LogP contribution in [0, 0.1) is 11.8 Å². The Morgan fingerprint density at radius 1 is 1.16 bits per heavy atom. The van der Waals surface area contributed by atoms with E-state index in [0.29, 0.717) is 12.8 Å². The molecule has 172 valence electrons. The standard InChI is InChI=1S/C26H39NO4/c1-2-3-14-21(28)15-11-17-23-22(24(29)19-25(23)30)16-9-4-5-10-18-26(31)27-20-12-7-6-8-13-20/h6-8,11-13,17,21-23,25,28,30H,2-5,9-10,14-16,18-19H2,1H3,(H,27,31)/b17-11+/t21?,22-,23-,25-/m1/s1. The summed E-state index contributed by atoms with van der Waals surface area (Å²) in [5, 5.41) is 23.2. The highest BCUT2D eigenvalue weighted by Crippen LogP contribution is 2.34. The maximum absolute atomic E-state index is 12.3. The molecular formula is C26H39NO4. The third-order valence-electron chi connectivity index (χ3n) is 6.12. The number of benzene rings is 1. The van der Waals surface area contributed by atoms with E-state index in [1.54, 1.807) is 0 Å². The predicted molar refractivity (Wildman–Crippen MR) is 125 cm³/mol. The van der Waals surface area contributed by atoms with Gasteiger partial charge < -0.3 is 15.5 Å². The van der Waals surface area contributed by atoms with Crippen LogP contribution in [0.15, 0.2) is 42.5 Å². The predicted octanol–water partition coefficient (Wildman–Crippen LogP) is 5.03. The van der Waals surface area contributed by atoms with Gasteiger partial charge in [-0.15, -0.1) is 0 Å². The number of aliphatic hydroxyl groups is 2. The highest BCUT2D eigenvalue weighted by Gasteiger charge is 2.39. The molecule has 0 radical (unpaired) electrons. The normalized spacial score (nSPS) is 22.2. The number of anilines is 1.